The monoisotopic (exact) mass is 299 g/mol. The van der Waals surface area contributed by atoms with Gasteiger partial charge in [0.05, 0.1) is 0 Å². The van der Waals surface area contributed by atoms with Crippen molar-refractivity contribution in [3.05, 3.63) is 78.9 Å². The Bertz CT molecular complexity index is 986. The number of hydroxylamine groups is 1. The summed E-state index contributed by atoms with van der Waals surface area (Å²) in [6.07, 6.45) is 0. The van der Waals surface area contributed by atoms with Crippen LogP contribution < -0.4 is 10.3 Å². The van der Waals surface area contributed by atoms with Crippen molar-refractivity contribution in [3.63, 3.8) is 0 Å². The minimum atomic E-state index is 0.836. The Labute approximate surface area is 135 Å². The molecule has 4 rings (SSSR count). The van der Waals surface area contributed by atoms with Gasteiger partial charge in [-0.2, -0.15) is 5.48 Å². The third kappa shape index (κ3) is 2.33. The zero-order chi connectivity index (χ0) is 15.6. The largest absolute Gasteiger partial charge is 0.408 e. The van der Waals surface area contributed by atoms with Gasteiger partial charge in [-0.15, -0.1) is 0 Å². The van der Waals surface area contributed by atoms with E-state index in [4.69, 9.17) is 4.84 Å². The van der Waals surface area contributed by atoms with E-state index in [-0.39, 0.29) is 0 Å². The highest BCUT2D eigenvalue weighted by molar-refractivity contribution is 6.07. The fourth-order valence-corrected chi connectivity index (χ4v) is 3.17. The molecule has 0 heterocycles. The van der Waals surface area contributed by atoms with Gasteiger partial charge in [0.25, 0.3) is 0 Å². The number of nitrogens with one attached hydrogen (secondary N) is 1. The van der Waals surface area contributed by atoms with Gasteiger partial charge < -0.3 is 4.84 Å². The molecule has 4 aromatic rings. The van der Waals surface area contributed by atoms with Crippen LogP contribution in [0.1, 0.15) is 0 Å². The molecule has 0 aliphatic rings. The van der Waals surface area contributed by atoms with Crippen LogP contribution in [0.2, 0.25) is 0 Å². The third-order valence-corrected chi connectivity index (χ3v) is 4.16. The molecule has 0 unspecified atom stereocenters. The second kappa shape index (κ2) is 5.75. The maximum atomic E-state index is 5.70. The molecule has 23 heavy (non-hydrogen) atoms. The van der Waals surface area contributed by atoms with E-state index < -0.39 is 0 Å². The molecule has 0 bridgehead atoms. The summed E-state index contributed by atoms with van der Waals surface area (Å²) in [4.78, 5) is 5.70. The minimum Gasteiger partial charge on any atom is -0.408 e. The van der Waals surface area contributed by atoms with E-state index >= 15 is 0 Å². The molecule has 0 fully saturated rings. The van der Waals surface area contributed by atoms with Gasteiger partial charge >= 0.3 is 0 Å². The highest BCUT2D eigenvalue weighted by atomic mass is 16.6. The Balaban J connectivity index is 2.12. The van der Waals surface area contributed by atoms with Gasteiger partial charge in [-0.3, -0.25) is 0 Å². The van der Waals surface area contributed by atoms with Gasteiger partial charge in [-0.05, 0) is 33.2 Å². The Kier molecular flexibility index (Phi) is 3.45. The summed E-state index contributed by atoms with van der Waals surface area (Å²) in [6.45, 7) is 0. The van der Waals surface area contributed by atoms with Crippen molar-refractivity contribution in [2.24, 2.45) is 0 Å². The van der Waals surface area contributed by atoms with E-state index in [1.54, 1.807) is 7.05 Å². The van der Waals surface area contributed by atoms with Crippen LogP contribution in [0.5, 0.6) is 5.75 Å². The van der Waals surface area contributed by atoms with Crippen LogP contribution in [0.4, 0.5) is 0 Å². The lowest BCUT2D eigenvalue weighted by Gasteiger charge is -2.15. The number of fused-ring (bicyclic) bond motifs is 2. The molecule has 0 amide bonds. The van der Waals surface area contributed by atoms with Crippen LogP contribution in [0.25, 0.3) is 32.7 Å². The van der Waals surface area contributed by atoms with Crippen molar-refractivity contribution in [1.29, 1.82) is 0 Å². The van der Waals surface area contributed by atoms with Gasteiger partial charge in [-0.25, -0.2) is 0 Å². The lowest BCUT2D eigenvalue weighted by atomic mass is 9.93. The quantitative estimate of drug-likeness (QED) is 0.527. The summed E-state index contributed by atoms with van der Waals surface area (Å²) >= 11 is 0. The molecule has 0 atom stereocenters. The SMILES string of the molecule is CNOc1ccc2ccccc2c1-c1cccc2ccccc12. The van der Waals surface area contributed by atoms with E-state index in [0.717, 1.165) is 11.3 Å². The molecule has 112 valence electrons. The molecule has 0 spiro atoms. The van der Waals surface area contributed by atoms with Gasteiger partial charge in [-0.1, -0.05) is 72.8 Å². The Morgan fingerprint density at radius 3 is 2.09 bits per heavy atom. The smallest absolute Gasteiger partial charge is 0.155 e. The van der Waals surface area contributed by atoms with Crippen molar-refractivity contribution in [2.45, 2.75) is 0 Å². The maximum absolute atomic E-state index is 5.70. The summed E-state index contributed by atoms with van der Waals surface area (Å²) in [5.41, 5.74) is 5.11. The Morgan fingerprint density at radius 2 is 1.30 bits per heavy atom. The molecular formula is C21H17NO. The number of rotatable bonds is 3. The van der Waals surface area contributed by atoms with E-state index in [1.165, 1.54) is 27.1 Å². The molecule has 0 aliphatic heterocycles. The zero-order valence-corrected chi connectivity index (χ0v) is 12.9. The second-order valence-electron chi connectivity index (χ2n) is 5.49. The summed E-state index contributed by atoms with van der Waals surface area (Å²) in [5.74, 6) is 0.836. The van der Waals surface area contributed by atoms with Crippen molar-refractivity contribution in [3.8, 4) is 16.9 Å². The van der Waals surface area contributed by atoms with E-state index in [1.807, 2.05) is 6.07 Å². The average molecular weight is 299 g/mol. The summed E-state index contributed by atoms with van der Waals surface area (Å²) in [6, 6.07) is 27.4. The average Bonchev–Trinajstić information content (AvgIpc) is 2.61. The lowest BCUT2D eigenvalue weighted by Crippen LogP contribution is -2.11. The minimum absolute atomic E-state index is 0.836. The number of benzene rings is 4. The highest BCUT2D eigenvalue weighted by Gasteiger charge is 2.13. The predicted molar refractivity (Wildman–Crippen MR) is 96.6 cm³/mol. The summed E-state index contributed by atoms with van der Waals surface area (Å²) in [7, 11) is 1.78. The summed E-state index contributed by atoms with van der Waals surface area (Å²) < 4.78 is 0. The zero-order valence-electron chi connectivity index (χ0n) is 12.9. The first kappa shape index (κ1) is 13.8. The first-order chi connectivity index (χ1) is 11.4. The van der Waals surface area contributed by atoms with E-state index in [9.17, 15) is 0 Å². The van der Waals surface area contributed by atoms with Gasteiger partial charge in [0, 0.05) is 12.6 Å². The number of hydrogen-bond acceptors (Lipinski definition) is 2. The first-order valence-corrected chi connectivity index (χ1v) is 7.72. The predicted octanol–water partition coefficient (Wildman–Crippen LogP) is 5.17. The Morgan fingerprint density at radius 1 is 0.652 bits per heavy atom. The molecule has 1 N–H and O–H groups in total. The van der Waals surface area contributed by atoms with Crippen molar-refractivity contribution in [1.82, 2.24) is 5.48 Å². The molecule has 0 aromatic heterocycles. The number of hydrogen-bond donors (Lipinski definition) is 1. The van der Waals surface area contributed by atoms with Crippen LogP contribution in [-0.4, -0.2) is 7.05 Å². The third-order valence-electron chi connectivity index (χ3n) is 4.16. The van der Waals surface area contributed by atoms with Gasteiger partial charge in [0.1, 0.15) is 0 Å². The maximum Gasteiger partial charge on any atom is 0.155 e. The van der Waals surface area contributed by atoms with E-state index in [0.29, 0.717) is 0 Å². The molecule has 2 heteroatoms. The molecule has 0 saturated heterocycles. The molecule has 0 aliphatic carbocycles. The Hall–Kier alpha value is -2.84. The fraction of sp³-hybridized carbons (Fsp3) is 0.0476. The molecule has 0 radical (unpaired) electrons. The topological polar surface area (TPSA) is 21.3 Å². The second-order valence-corrected chi connectivity index (χ2v) is 5.49. The summed E-state index contributed by atoms with van der Waals surface area (Å²) in [5, 5.41) is 4.86. The van der Waals surface area contributed by atoms with Crippen molar-refractivity contribution in [2.75, 3.05) is 7.05 Å². The fourth-order valence-electron chi connectivity index (χ4n) is 3.17. The molecule has 0 saturated carbocycles. The van der Waals surface area contributed by atoms with Crippen LogP contribution in [-0.2, 0) is 0 Å². The molecule has 2 nitrogen and oxygen atoms in total. The van der Waals surface area contributed by atoms with Crippen LogP contribution in [0.15, 0.2) is 78.9 Å². The van der Waals surface area contributed by atoms with Gasteiger partial charge in [0.2, 0.25) is 0 Å². The lowest BCUT2D eigenvalue weighted by molar-refractivity contribution is 0.225. The standard InChI is InChI=1S/C21H17NO/c1-22-23-20-14-13-16-8-3-5-11-18(16)21(20)19-12-6-9-15-7-2-4-10-17(15)19/h2-14,22H,1H3. The highest BCUT2D eigenvalue weighted by Crippen LogP contribution is 2.40. The molecule has 4 aromatic carbocycles. The van der Waals surface area contributed by atoms with Crippen LogP contribution in [0.3, 0.4) is 0 Å². The van der Waals surface area contributed by atoms with Crippen molar-refractivity contribution < 1.29 is 4.84 Å². The van der Waals surface area contributed by atoms with Crippen LogP contribution in [0, 0.1) is 0 Å². The van der Waals surface area contributed by atoms with Crippen molar-refractivity contribution >= 4 is 21.5 Å². The first-order valence-electron chi connectivity index (χ1n) is 7.72. The molecular weight excluding hydrogens is 282 g/mol. The van der Waals surface area contributed by atoms with E-state index in [2.05, 4.69) is 78.3 Å². The van der Waals surface area contributed by atoms with Gasteiger partial charge in [0.15, 0.2) is 5.75 Å². The normalized spacial score (nSPS) is 11.0. The van der Waals surface area contributed by atoms with Crippen LogP contribution >= 0.6 is 0 Å².